The zero-order chi connectivity index (χ0) is 13.5. The summed E-state index contributed by atoms with van der Waals surface area (Å²) in [6, 6.07) is 7.05. The Kier molecular flexibility index (Phi) is 5.99. The van der Waals surface area contributed by atoms with E-state index >= 15 is 0 Å². The van der Waals surface area contributed by atoms with Crippen LogP contribution in [0.1, 0.15) is 30.6 Å². The molecule has 0 bridgehead atoms. The van der Waals surface area contributed by atoms with Gasteiger partial charge in [0.2, 0.25) is 0 Å². The van der Waals surface area contributed by atoms with Crippen LogP contribution in [0.3, 0.4) is 0 Å². The molecule has 1 aromatic carbocycles. The van der Waals surface area contributed by atoms with Gasteiger partial charge in [0.1, 0.15) is 5.75 Å². The van der Waals surface area contributed by atoms with E-state index in [-0.39, 0.29) is 11.9 Å². The second kappa shape index (κ2) is 7.27. The quantitative estimate of drug-likeness (QED) is 0.806. The summed E-state index contributed by atoms with van der Waals surface area (Å²) in [6.45, 7) is 4.22. The molecule has 0 saturated heterocycles. The van der Waals surface area contributed by atoms with Gasteiger partial charge in [-0.25, -0.2) is 0 Å². The SMILES string of the molecule is COc1ccc(C(=O)NC(CCl)CC(C)C)cc1. The molecule has 0 saturated carbocycles. The van der Waals surface area contributed by atoms with E-state index in [9.17, 15) is 4.79 Å². The third-order valence-electron chi connectivity index (χ3n) is 2.63. The minimum absolute atomic E-state index is 0.0151. The maximum absolute atomic E-state index is 12.0. The minimum atomic E-state index is -0.0936. The highest BCUT2D eigenvalue weighted by Gasteiger charge is 2.14. The number of alkyl halides is 1. The highest BCUT2D eigenvalue weighted by atomic mass is 35.5. The normalized spacial score (nSPS) is 12.3. The molecule has 0 heterocycles. The molecule has 1 N–H and O–H groups in total. The topological polar surface area (TPSA) is 38.3 Å². The molecule has 3 nitrogen and oxygen atoms in total. The summed E-state index contributed by atoms with van der Waals surface area (Å²) in [6.07, 6.45) is 0.880. The van der Waals surface area contributed by atoms with Gasteiger partial charge in [-0.05, 0) is 36.6 Å². The van der Waals surface area contributed by atoms with Gasteiger partial charge in [0.25, 0.3) is 5.91 Å². The number of carbonyl (C=O) groups is 1. The van der Waals surface area contributed by atoms with Crippen LogP contribution >= 0.6 is 11.6 Å². The van der Waals surface area contributed by atoms with Crippen LogP contribution < -0.4 is 10.1 Å². The first-order valence-electron chi connectivity index (χ1n) is 6.07. The van der Waals surface area contributed by atoms with Gasteiger partial charge < -0.3 is 10.1 Å². The van der Waals surface area contributed by atoms with Crippen molar-refractivity contribution in [2.24, 2.45) is 5.92 Å². The van der Waals surface area contributed by atoms with E-state index in [1.165, 1.54) is 0 Å². The van der Waals surface area contributed by atoms with E-state index in [2.05, 4.69) is 19.2 Å². The number of rotatable bonds is 6. The number of halogens is 1. The van der Waals surface area contributed by atoms with Crippen molar-refractivity contribution in [1.29, 1.82) is 0 Å². The number of hydrogen-bond acceptors (Lipinski definition) is 2. The van der Waals surface area contributed by atoms with E-state index in [1.54, 1.807) is 31.4 Å². The van der Waals surface area contributed by atoms with Crippen molar-refractivity contribution in [3.8, 4) is 5.75 Å². The molecule has 0 aliphatic heterocycles. The first kappa shape index (κ1) is 14.8. The summed E-state index contributed by atoms with van der Waals surface area (Å²) in [5.74, 6) is 1.58. The average Bonchev–Trinajstić information content (AvgIpc) is 2.37. The second-order valence-electron chi connectivity index (χ2n) is 4.68. The Morgan fingerprint density at radius 2 is 1.94 bits per heavy atom. The third kappa shape index (κ3) is 4.57. The van der Waals surface area contributed by atoms with Gasteiger partial charge in [0, 0.05) is 17.5 Å². The van der Waals surface area contributed by atoms with Gasteiger partial charge >= 0.3 is 0 Å². The van der Waals surface area contributed by atoms with Crippen LogP contribution in [0.4, 0.5) is 0 Å². The molecule has 18 heavy (non-hydrogen) atoms. The lowest BCUT2D eigenvalue weighted by molar-refractivity contribution is 0.0936. The Labute approximate surface area is 113 Å². The summed E-state index contributed by atoms with van der Waals surface area (Å²) in [7, 11) is 1.60. The van der Waals surface area contributed by atoms with E-state index < -0.39 is 0 Å². The Morgan fingerprint density at radius 3 is 2.39 bits per heavy atom. The third-order valence-corrected chi connectivity index (χ3v) is 3.00. The Balaban J connectivity index is 2.62. The lowest BCUT2D eigenvalue weighted by Gasteiger charge is -2.18. The van der Waals surface area contributed by atoms with Gasteiger partial charge in [-0.1, -0.05) is 13.8 Å². The summed E-state index contributed by atoms with van der Waals surface area (Å²) in [4.78, 5) is 12.0. The van der Waals surface area contributed by atoms with Gasteiger partial charge in [0.15, 0.2) is 0 Å². The van der Waals surface area contributed by atoms with Crippen molar-refractivity contribution in [3.05, 3.63) is 29.8 Å². The zero-order valence-electron chi connectivity index (χ0n) is 11.1. The lowest BCUT2D eigenvalue weighted by atomic mass is 10.0. The fourth-order valence-corrected chi connectivity index (χ4v) is 1.94. The molecule has 0 aliphatic rings. The number of hydrogen-bond donors (Lipinski definition) is 1. The van der Waals surface area contributed by atoms with Crippen LogP contribution in [0.5, 0.6) is 5.75 Å². The highest BCUT2D eigenvalue weighted by molar-refractivity contribution is 6.18. The number of amides is 1. The van der Waals surface area contributed by atoms with E-state index in [0.29, 0.717) is 17.4 Å². The standard InChI is InChI=1S/C14H20ClNO2/c1-10(2)8-12(9-15)16-14(17)11-4-6-13(18-3)7-5-11/h4-7,10,12H,8-9H2,1-3H3,(H,16,17). The summed E-state index contributed by atoms with van der Waals surface area (Å²) in [5, 5.41) is 2.94. The van der Waals surface area contributed by atoms with E-state index in [1.807, 2.05) is 0 Å². The first-order valence-corrected chi connectivity index (χ1v) is 6.61. The summed E-state index contributed by atoms with van der Waals surface area (Å²) in [5.41, 5.74) is 0.620. The average molecular weight is 270 g/mol. The largest absolute Gasteiger partial charge is 0.497 e. The highest BCUT2D eigenvalue weighted by Crippen LogP contribution is 2.12. The van der Waals surface area contributed by atoms with Crippen LogP contribution in [-0.4, -0.2) is 24.9 Å². The van der Waals surface area contributed by atoms with Crippen LogP contribution in [0.25, 0.3) is 0 Å². The van der Waals surface area contributed by atoms with Gasteiger partial charge in [-0.3, -0.25) is 4.79 Å². The fourth-order valence-electron chi connectivity index (χ4n) is 1.74. The molecule has 1 atom stereocenters. The smallest absolute Gasteiger partial charge is 0.251 e. The van der Waals surface area contributed by atoms with Crippen LogP contribution in [0, 0.1) is 5.92 Å². The Hall–Kier alpha value is -1.22. The van der Waals surface area contributed by atoms with Crippen molar-refractivity contribution in [2.75, 3.05) is 13.0 Å². The van der Waals surface area contributed by atoms with Crippen molar-refractivity contribution in [1.82, 2.24) is 5.32 Å². The van der Waals surface area contributed by atoms with Crippen molar-refractivity contribution < 1.29 is 9.53 Å². The first-order chi connectivity index (χ1) is 8.56. The molecule has 0 fully saturated rings. The van der Waals surface area contributed by atoms with Crippen molar-refractivity contribution >= 4 is 17.5 Å². The molecule has 0 aliphatic carbocycles. The lowest BCUT2D eigenvalue weighted by Crippen LogP contribution is -2.37. The maximum atomic E-state index is 12.0. The number of benzene rings is 1. The minimum Gasteiger partial charge on any atom is -0.497 e. The number of ether oxygens (including phenoxy) is 1. The molecular weight excluding hydrogens is 250 g/mol. The molecule has 4 heteroatoms. The maximum Gasteiger partial charge on any atom is 0.251 e. The van der Waals surface area contributed by atoms with Gasteiger partial charge in [0.05, 0.1) is 7.11 Å². The monoisotopic (exact) mass is 269 g/mol. The second-order valence-corrected chi connectivity index (χ2v) is 4.99. The molecule has 0 spiro atoms. The zero-order valence-corrected chi connectivity index (χ0v) is 11.8. The van der Waals surface area contributed by atoms with Crippen LogP contribution in [-0.2, 0) is 0 Å². The summed E-state index contributed by atoms with van der Waals surface area (Å²) >= 11 is 5.86. The van der Waals surface area contributed by atoms with Gasteiger partial charge in [-0.15, -0.1) is 11.6 Å². The number of nitrogens with one attached hydrogen (secondary N) is 1. The number of methoxy groups -OCH3 is 1. The van der Waals surface area contributed by atoms with Gasteiger partial charge in [-0.2, -0.15) is 0 Å². The fraction of sp³-hybridized carbons (Fsp3) is 0.500. The molecule has 0 radical (unpaired) electrons. The molecule has 1 rings (SSSR count). The molecule has 0 aromatic heterocycles. The number of carbonyl (C=O) groups excluding carboxylic acids is 1. The Morgan fingerprint density at radius 1 is 1.33 bits per heavy atom. The van der Waals surface area contributed by atoms with E-state index in [0.717, 1.165) is 12.2 Å². The van der Waals surface area contributed by atoms with Crippen molar-refractivity contribution in [3.63, 3.8) is 0 Å². The van der Waals surface area contributed by atoms with Crippen molar-refractivity contribution in [2.45, 2.75) is 26.3 Å². The summed E-state index contributed by atoms with van der Waals surface area (Å²) < 4.78 is 5.05. The molecular formula is C14H20ClNO2. The van der Waals surface area contributed by atoms with Crippen LogP contribution in [0.15, 0.2) is 24.3 Å². The molecule has 100 valence electrons. The molecule has 1 aromatic rings. The predicted molar refractivity (Wildman–Crippen MR) is 74.4 cm³/mol. The van der Waals surface area contributed by atoms with E-state index in [4.69, 9.17) is 16.3 Å². The molecule has 1 amide bonds. The Bertz CT molecular complexity index is 376. The predicted octanol–water partition coefficient (Wildman–Crippen LogP) is 3.08. The van der Waals surface area contributed by atoms with Crippen LogP contribution in [0.2, 0.25) is 0 Å². The molecule has 1 unspecified atom stereocenters.